The van der Waals surface area contributed by atoms with Gasteiger partial charge in [-0.3, -0.25) is 14.2 Å². The Morgan fingerprint density at radius 2 is 2.07 bits per heavy atom. The first kappa shape index (κ1) is 19.5. The maximum atomic E-state index is 12.6. The van der Waals surface area contributed by atoms with Crippen molar-refractivity contribution in [1.82, 2.24) is 14.9 Å². The largest absolute Gasteiger partial charge is 0.493 e. The second-order valence-electron chi connectivity index (χ2n) is 6.34. The van der Waals surface area contributed by atoms with Crippen LogP contribution in [0.3, 0.4) is 0 Å². The van der Waals surface area contributed by atoms with Crippen LogP contribution in [-0.4, -0.2) is 29.2 Å². The summed E-state index contributed by atoms with van der Waals surface area (Å²) in [6.45, 7) is 6.19. The maximum Gasteiger partial charge on any atom is 0.265 e. The van der Waals surface area contributed by atoms with Crippen molar-refractivity contribution in [3.63, 3.8) is 0 Å². The number of nitrogens with zero attached hydrogens (tertiary/aromatic N) is 2. The Hall–Kier alpha value is -3.29. The molecule has 1 aromatic carbocycles. The van der Waals surface area contributed by atoms with Crippen molar-refractivity contribution in [1.29, 1.82) is 0 Å². The number of methoxy groups -OCH3 is 1. The summed E-state index contributed by atoms with van der Waals surface area (Å²) in [7, 11) is 1.56. The first-order valence-electron chi connectivity index (χ1n) is 8.96. The smallest absolute Gasteiger partial charge is 0.265 e. The summed E-state index contributed by atoms with van der Waals surface area (Å²) >= 11 is 0. The van der Waals surface area contributed by atoms with Crippen LogP contribution < -0.4 is 20.3 Å². The molecule has 0 spiro atoms. The van der Waals surface area contributed by atoms with Gasteiger partial charge in [0.05, 0.1) is 13.7 Å². The molecule has 3 rings (SSSR count). The van der Waals surface area contributed by atoms with Gasteiger partial charge in [-0.25, -0.2) is 4.98 Å². The van der Waals surface area contributed by atoms with E-state index < -0.39 is 0 Å². The van der Waals surface area contributed by atoms with Gasteiger partial charge in [0.25, 0.3) is 5.56 Å². The fraction of sp³-hybridized carbons (Fsp3) is 0.350. The Labute approximate surface area is 162 Å². The highest BCUT2D eigenvalue weighted by Crippen LogP contribution is 2.28. The van der Waals surface area contributed by atoms with Crippen LogP contribution in [0.4, 0.5) is 0 Å². The lowest BCUT2D eigenvalue weighted by Gasteiger charge is -2.12. The van der Waals surface area contributed by atoms with E-state index in [1.54, 1.807) is 27.0 Å². The highest BCUT2D eigenvalue weighted by Gasteiger charge is 2.15. The van der Waals surface area contributed by atoms with Gasteiger partial charge in [-0.05, 0) is 38.5 Å². The number of fused-ring (bicyclic) bond motifs is 1. The van der Waals surface area contributed by atoms with E-state index in [0.29, 0.717) is 35.8 Å². The molecular weight excluding hydrogens is 362 g/mol. The topological polar surface area (TPSA) is 95.6 Å². The Morgan fingerprint density at radius 1 is 1.29 bits per heavy atom. The first-order valence-corrected chi connectivity index (χ1v) is 8.96. The van der Waals surface area contributed by atoms with E-state index in [2.05, 4.69) is 10.3 Å². The van der Waals surface area contributed by atoms with E-state index in [-0.39, 0.29) is 23.7 Å². The first-order chi connectivity index (χ1) is 13.4. The van der Waals surface area contributed by atoms with Crippen molar-refractivity contribution >= 4 is 17.0 Å². The number of rotatable bonds is 7. The number of amides is 1. The van der Waals surface area contributed by atoms with E-state index in [1.807, 2.05) is 19.1 Å². The highest BCUT2D eigenvalue weighted by molar-refractivity contribution is 5.79. The molecule has 8 nitrogen and oxygen atoms in total. The molecular formula is C20H23N3O5. The monoisotopic (exact) mass is 385 g/mol. The fourth-order valence-corrected chi connectivity index (χ4v) is 2.89. The summed E-state index contributed by atoms with van der Waals surface area (Å²) in [5, 5.41) is 3.21. The third-order valence-electron chi connectivity index (χ3n) is 4.49. The number of hydrogen-bond acceptors (Lipinski definition) is 6. The van der Waals surface area contributed by atoms with Gasteiger partial charge in [0.2, 0.25) is 11.6 Å². The van der Waals surface area contributed by atoms with E-state index in [4.69, 9.17) is 13.9 Å². The third-order valence-corrected chi connectivity index (χ3v) is 4.49. The van der Waals surface area contributed by atoms with Crippen molar-refractivity contribution in [2.75, 3.05) is 13.7 Å². The number of furan rings is 1. The summed E-state index contributed by atoms with van der Waals surface area (Å²) in [6, 6.07) is 5.46. The Bertz CT molecular complexity index is 1070. The molecule has 0 bridgehead atoms. The van der Waals surface area contributed by atoms with Gasteiger partial charge < -0.3 is 19.2 Å². The van der Waals surface area contributed by atoms with Crippen LogP contribution in [0.2, 0.25) is 0 Å². The van der Waals surface area contributed by atoms with Crippen LogP contribution in [0.1, 0.15) is 23.8 Å². The number of hydrogen-bond donors (Lipinski definition) is 1. The standard InChI is InChI=1S/C20H23N3O5/c1-5-27-15-7-6-14(8-16(15)26-4)9-21-17(24)10-23-11-22-19-18(20(23)25)12(2)13(3)28-19/h6-8,11H,5,9-10H2,1-4H3,(H,21,24). The lowest BCUT2D eigenvalue weighted by Crippen LogP contribution is -2.32. The van der Waals surface area contributed by atoms with Crippen LogP contribution in [0.5, 0.6) is 11.5 Å². The number of ether oxygens (including phenoxy) is 2. The molecule has 0 aliphatic carbocycles. The molecule has 2 heterocycles. The third kappa shape index (κ3) is 3.85. The maximum absolute atomic E-state index is 12.6. The van der Waals surface area contributed by atoms with Gasteiger partial charge in [-0.15, -0.1) is 0 Å². The van der Waals surface area contributed by atoms with E-state index >= 15 is 0 Å². The number of nitrogens with one attached hydrogen (secondary N) is 1. The predicted molar refractivity (Wildman–Crippen MR) is 104 cm³/mol. The van der Waals surface area contributed by atoms with Crippen molar-refractivity contribution < 1.29 is 18.7 Å². The minimum atomic E-state index is -0.297. The molecule has 2 aromatic heterocycles. The average Bonchev–Trinajstić information content (AvgIpc) is 2.98. The van der Waals surface area contributed by atoms with E-state index in [9.17, 15) is 9.59 Å². The van der Waals surface area contributed by atoms with Gasteiger partial charge in [0.15, 0.2) is 11.5 Å². The van der Waals surface area contributed by atoms with Crippen molar-refractivity contribution in [3.05, 3.63) is 51.8 Å². The number of carbonyl (C=O) groups is 1. The Morgan fingerprint density at radius 3 is 2.79 bits per heavy atom. The van der Waals surface area contributed by atoms with Gasteiger partial charge in [0.1, 0.15) is 24.0 Å². The summed E-state index contributed by atoms with van der Waals surface area (Å²) in [6.07, 6.45) is 1.33. The molecule has 3 aromatic rings. The summed E-state index contributed by atoms with van der Waals surface area (Å²) in [5.74, 6) is 1.60. The molecule has 0 saturated carbocycles. The lowest BCUT2D eigenvalue weighted by molar-refractivity contribution is -0.121. The molecule has 8 heteroatoms. The molecule has 1 N–H and O–H groups in total. The quantitative estimate of drug-likeness (QED) is 0.671. The minimum absolute atomic E-state index is 0.125. The van der Waals surface area contributed by atoms with E-state index in [1.165, 1.54) is 10.9 Å². The average molecular weight is 385 g/mol. The lowest BCUT2D eigenvalue weighted by atomic mass is 10.2. The molecule has 148 valence electrons. The molecule has 0 aliphatic rings. The van der Waals surface area contributed by atoms with Crippen LogP contribution in [-0.2, 0) is 17.9 Å². The molecule has 0 unspecified atom stereocenters. The highest BCUT2D eigenvalue weighted by atomic mass is 16.5. The summed E-state index contributed by atoms with van der Waals surface area (Å²) in [4.78, 5) is 29.0. The predicted octanol–water partition coefficient (Wildman–Crippen LogP) is 2.33. The molecule has 1 amide bonds. The van der Waals surface area contributed by atoms with Crippen molar-refractivity contribution in [3.8, 4) is 11.5 Å². The SMILES string of the molecule is CCOc1ccc(CNC(=O)Cn2cnc3oc(C)c(C)c3c2=O)cc1OC. The van der Waals surface area contributed by atoms with Gasteiger partial charge >= 0.3 is 0 Å². The molecule has 0 saturated heterocycles. The number of benzene rings is 1. The van der Waals surface area contributed by atoms with E-state index in [0.717, 1.165) is 11.1 Å². The summed E-state index contributed by atoms with van der Waals surface area (Å²) in [5.41, 5.74) is 1.59. The van der Waals surface area contributed by atoms with Crippen molar-refractivity contribution in [2.45, 2.75) is 33.9 Å². The Kier molecular flexibility index (Phi) is 5.67. The number of aryl methyl sites for hydroxylation is 2. The molecule has 0 fully saturated rings. The zero-order chi connectivity index (χ0) is 20.3. The normalized spacial score (nSPS) is 10.9. The van der Waals surface area contributed by atoms with Gasteiger partial charge in [-0.1, -0.05) is 6.07 Å². The number of aromatic nitrogens is 2. The molecule has 0 aliphatic heterocycles. The van der Waals surface area contributed by atoms with Gasteiger partial charge in [0, 0.05) is 12.1 Å². The zero-order valence-corrected chi connectivity index (χ0v) is 16.4. The molecule has 0 atom stereocenters. The molecule has 0 radical (unpaired) electrons. The molecule has 28 heavy (non-hydrogen) atoms. The van der Waals surface area contributed by atoms with Crippen LogP contribution >= 0.6 is 0 Å². The van der Waals surface area contributed by atoms with Crippen LogP contribution in [0.25, 0.3) is 11.1 Å². The van der Waals surface area contributed by atoms with Crippen LogP contribution in [0, 0.1) is 13.8 Å². The number of carbonyl (C=O) groups excluding carboxylic acids is 1. The van der Waals surface area contributed by atoms with Gasteiger partial charge in [-0.2, -0.15) is 0 Å². The summed E-state index contributed by atoms with van der Waals surface area (Å²) < 4.78 is 17.5. The second kappa shape index (κ2) is 8.16. The fourth-order valence-electron chi connectivity index (χ4n) is 2.89. The minimum Gasteiger partial charge on any atom is -0.493 e. The Balaban J connectivity index is 1.70. The van der Waals surface area contributed by atoms with Crippen molar-refractivity contribution in [2.24, 2.45) is 0 Å². The zero-order valence-electron chi connectivity index (χ0n) is 16.4. The van der Waals surface area contributed by atoms with Crippen LogP contribution in [0.15, 0.2) is 33.7 Å². The second-order valence-corrected chi connectivity index (χ2v) is 6.34.